The Kier molecular flexibility index (Phi) is 8.84. The predicted octanol–water partition coefficient (Wildman–Crippen LogP) is 4.28. The van der Waals surface area contributed by atoms with Crippen LogP contribution in [0.25, 0.3) is 6.08 Å². The van der Waals surface area contributed by atoms with E-state index in [1.165, 1.54) is 6.08 Å². The van der Waals surface area contributed by atoms with Crippen LogP contribution in [-0.2, 0) is 4.79 Å². The molecule has 0 aromatic heterocycles. The average molecular weight is 271 g/mol. The summed E-state index contributed by atoms with van der Waals surface area (Å²) in [6.45, 7) is 3.09. The molecule has 0 aliphatic heterocycles. The van der Waals surface area contributed by atoms with Crippen LogP contribution in [0.1, 0.15) is 5.56 Å². The average Bonchev–Trinajstić information content (AvgIpc) is 2.25. The van der Waals surface area contributed by atoms with Crippen molar-refractivity contribution in [3.8, 4) is 0 Å². The zero-order chi connectivity index (χ0) is 13.1. The second kappa shape index (κ2) is 9.70. The molecule has 2 nitrogen and oxygen atoms in total. The molecule has 0 amide bonds. The number of halogens is 2. The largest absolute Gasteiger partial charge is 0.478 e. The first-order chi connectivity index (χ1) is 8.02. The first-order valence-electron chi connectivity index (χ1n) is 4.65. The molecule has 0 saturated heterocycles. The van der Waals surface area contributed by atoms with Crippen molar-refractivity contribution < 1.29 is 9.90 Å². The van der Waals surface area contributed by atoms with Gasteiger partial charge in [-0.25, -0.2) is 4.79 Å². The van der Waals surface area contributed by atoms with Gasteiger partial charge in [-0.05, 0) is 5.56 Å². The minimum absolute atomic E-state index is 0.111. The van der Waals surface area contributed by atoms with Gasteiger partial charge in [0.05, 0.1) is 4.49 Å². The van der Waals surface area contributed by atoms with Gasteiger partial charge in [-0.2, -0.15) is 0 Å². The summed E-state index contributed by atoms with van der Waals surface area (Å²) >= 11 is 9.69. The molecule has 0 atom stereocenters. The lowest BCUT2D eigenvalue weighted by Crippen LogP contribution is -1.84. The molecule has 0 aliphatic carbocycles. The van der Waals surface area contributed by atoms with Gasteiger partial charge in [0.25, 0.3) is 0 Å². The summed E-state index contributed by atoms with van der Waals surface area (Å²) in [4.78, 5) is 10.1. The third-order valence-electron chi connectivity index (χ3n) is 1.44. The van der Waals surface area contributed by atoms with E-state index in [-0.39, 0.29) is 4.49 Å². The lowest BCUT2D eigenvalue weighted by Gasteiger charge is -1.87. The highest BCUT2D eigenvalue weighted by Crippen LogP contribution is 2.00. The Balaban J connectivity index is 0.000000557. The zero-order valence-electron chi connectivity index (χ0n) is 9.01. The molecule has 1 rings (SSSR count). The van der Waals surface area contributed by atoms with Crippen molar-refractivity contribution in [3.05, 3.63) is 65.2 Å². The number of aliphatic carboxylic acids is 1. The minimum atomic E-state index is -0.933. The number of benzene rings is 1. The standard InChI is InChI=1S/C11H10O2.C2H2Cl2/c12-11(13)9-5-4-8-10-6-2-1-3-7-10;1-2(3)4/h1-9H,(H,12,13);1H2. The van der Waals surface area contributed by atoms with E-state index in [0.29, 0.717) is 0 Å². The number of carboxylic acids is 1. The summed E-state index contributed by atoms with van der Waals surface area (Å²) in [5.41, 5.74) is 1.05. The van der Waals surface area contributed by atoms with E-state index >= 15 is 0 Å². The van der Waals surface area contributed by atoms with Crippen molar-refractivity contribution in [2.75, 3.05) is 0 Å². The maximum Gasteiger partial charge on any atom is 0.328 e. The molecule has 0 heterocycles. The Morgan fingerprint density at radius 2 is 1.71 bits per heavy atom. The van der Waals surface area contributed by atoms with Crippen LogP contribution >= 0.6 is 23.2 Å². The summed E-state index contributed by atoms with van der Waals surface area (Å²) in [6.07, 6.45) is 6.14. The van der Waals surface area contributed by atoms with Crippen molar-refractivity contribution >= 4 is 35.2 Å². The highest BCUT2D eigenvalue weighted by atomic mass is 35.5. The van der Waals surface area contributed by atoms with Crippen LogP contribution in [0.3, 0.4) is 0 Å². The molecule has 0 saturated carbocycles. The molecule has 90 valence electrons. The Bertz CT molecular complexity index is 405. The van der Waals surface area contributed by atoms with Crippen molar-refractivity contribution in [3.63, 3.8) is 0 Å². The highest BCUT2D eigenvalue weighted by molar-refractivity contribution is 6.55. The third kappa shape index (κ3) is 12.4. The summed E-state index contributed by atoms with van der Waals surface area (Å²) < 4.78 is 0.111. The van der Waals surface area contributed by atoms with Crippen LogP contribution in [-0.4, -0.2) is 11.1 Å². The molecule has 0 unspecified atom stereocenters. The molecule has 1 aromatic rings. The number of carbonyl (C=O) groups is 1. The fourth-order valence-electron chi connectivity index (χ4n) is 0.869. The van der Waals surface area contributed by atoms with Crippen LogP contribution in [0, 0.1) is 0 Å². The van der Waals surface area contributed by atoms with E-state index in [1.807, 2.05) is 36.4 Å². The minimum Gasteiger partial charge on any atom is -0.478 e. The van der Waals surface area contributed by atoms with Crippen LogP contribution in [0.15, 0.2) is 59.6 Å². The zero-order valence-corrected chi connectivity index (χ0v) is 10.5. The molecule has 0 bridgehead atoms. The number of rotatable bonds is 3. The molecule has 4 heteroatoms. The van der Waals surface area contributed by atoms with Gasteiger partial charge in [0.15, 0.2) is 0 Å². The van der Waals surface area contributed by atoms with E-state index < -0.39 is 5.97 Å². The lowest BCUT2D eigenvalue weighted by molar-refractivity contribution is -0.131. The van der Waals surface area contributed by atoms with Crippen molar-refractivity contribution in [2.45, 2.75) is 0 Å². The number of hydrogen-bond acceptors (Lipinski definition) is 1. The van der Waals surface area contributed by atoms with Crippen LogP contribution < -0.4 is 0 Å². The summed E-state index contributed by atoms with van der Waals surface area (Å²) in [5, 5.41) is 8.29. The second-order valence-corrected chi connectivity index (χ2v) is 3.91. The first-order valence-corrected chi connectivity index (χ1v) is 5.40. The van der Waals surface area contributed by atoms with Gasteiger partial charge >= 0.3 is 5.97 Å². The third-order valence-corrected chi connectivity index (χ3v) is 1.44. The maximum atomic E-state index is 10.1. The van der Waals surface area contributed by atoms with Gasteiger partial charge < -0.3 is 5.11 Å². The number of allylic oxidation sites excluding steroid dienone is 2. The molecule has 0 fully saturated rings. The van der Waals surface area contributed by atoms with Crippen LogP contribution in [0.4, 0.5) is 0 Å². The predicted molar refractivity (Wildman–Crippen MR) is 73.1 cm³/mol. The topological polar surface area (TPSA) is 37.3 Å². The van der Waals surface area contributed by atoms with E-state index in [2.05, 4.69) is 6.58 Å². The van der Waals surface area contributed by atoms with Gasteiger partial charge in [0.2, 0.25) is 0 Å². The monoisotopic (exact) mass is 270 g/mol. The number of hydrogen-bond donors (Lipinski definition) is 1. The van der Waals surface area contributed by atoms with Gasteiger partial charge in [-0.1, -0.05) is 78.3 Å². The normalized spacial score (nSPS) is 10.0. The molecular formula is C13H12Cl2O2. The van der Waals surface area contributed by atoms with Gasteiger partial charge in [0.1, 0.15) is 0 Å². The fraction of sp³-hybridized carbons (Fsp3) is 0. The summed E-state index contributed by atoms with van der Waals surface area (Å²) in [6, 6.07) is 9.70. The Labute approximate surface area is 110 Å². The van der Waals surface area contributed by atoms with Crippen LogP contribution in [0.2, 0.25) is 0 Å². The lowest BCUT2D eigenvalue weighted by atomic mass is 10.2. The Morgan fingerprint density at radius 1 is 1.18 bits per heavy atom. The fourth-order valence-corrected chi connectivity index (χ4v) is 0.869. The van der Waals surface area contributed by atoms with Gasteiger partial charge in [-0.3, -0.25) is 0 Å². The summed E-state index contributed by atoms with van der Waals surface area (Å²) in [5.74, 6) is -0.933. The van der Waals surface area contributed by atoms with Crippen molar-refractivity contribution in [2.24, 2.45) is 0 Å². The smallest absolute Gasteiger partial charge is 0.328 e. The number of carboxylic acid groups (broad SMARTS) is 1. The SMILES string of the molecule is C=C(Cl)Cl.O=C(O)C=CC=Cc1ccccc1. The molecule has 0 aliphatic rings. The van der Waals surface area contributed by atoms with Gasteiger partial charge in [-0.15, -0.1) is 0 Å². The van der Waals surface area contributed by atoms with Crippen molar-refractivity contribution in [1.29, 1.82) is 0 Å². The highest BCUT2D eigenvalue weighted by Gasteiger charge is 1.82. The van der Waals surface area contributed by atoms with Crippen molar-refractivity contribution in [1.82, 2.24) is 0 Å². The first kappa shape index (κ1) is 15.5. The van der Waals surface area contributed by atoms with E-state index in [0.717, 1.165) is 11.6 Å². The Hall–Kier alpha value is -1.51. The Morgan fingerprint density at radius 3 is 2.18 bits per heavy atom. The molecule has 0 spiro atoms. The molecule has 1 N–H and O–H groups in total. The molecule has 1 aromatic carbocycles. The molecule has 0 radical (unpaired) electrons. The van der Waals surface area contributed by atoms with E-state index in [4.69, 9.17) is 28.3 Å². The quantitative estimate of drug-likeness (QED) is 0.658. The second-order valence-electron chi connectivity index (χ2n) is 2.81. The van der Waals surface area contributed by atoms with Crippen LogP contribution in [0.5, 0.6) is 0 Å². The van der Waals surface area contributed by atoms with Gasteiger partial charge in [0, 0.05) is 6.08 Å². The summed E-state index contributed by atoms with van der Waals surface area (Å²) in [7, 11) is 0. The molecular weight excluding hydrogens is 259 g/mol. The van der Waals surface area contributed by atoms with E-state index in [1.54, 1.807) is 6.08 Å². The maximum absolute atomic E-state index is 10.1. The molecule has 17 heavy (non-hydrogen) atoms. The van der Waals surface area contributed by atoms with E-state index in [9.17, 15) is 4.79 Å².